The number of hydrogen-bond donors (Lipinski definition) is 1. The van der Waals surface area contributed by atoms with Crippen LogP contribution in [0.15, 0.2) is 18.2 Å². The minimum atomic E-state index is -0.509. The predicted molar refractivity (Wildman–Crippen MR) is 76.3 cm³/mol. The summed E-state index contributed by atoms with van der Waals surface area (Å²) in [5.41, 5.74) is 1.31. The van der Waals surface area contributed by atoms with Crippen molar-refractivity contribution < 1.29 is 19.4 Å². The maximum atomic E-state index is 12.2. The van der Waals surface area contributed by atoms with Crippen molar-refractivity contribution in [1.82, 2.24) is 0 Å². The molecule has 0 saturated heterocycles. The maximum absolute atomic E-state index is 12.2. The Morgan fingerprint density at radius 1 is 1.40 bits per heavy atom. The van der Waals surface area contributed by atoms with Crippen LogP contribution < -0.4 is 9.64 Å². The SMILES string of the molecule is CC(C)(C)OC(=O)N1CCc2c(OCCO)cccc21. The molecule has 1 aliphatic heterocycles. The summed E-state index contributed by atoms with van der Waals surface area (Å²) in [6.45, 7) is 6.36. The van der Waals surface area contributed by atoms with Gasteiger partial charge in [0.15, 0.2) is 0 Å². The van der Waals surface area contributed by atoms with Gasteiger partial charge in [-0.2, -0.15) is 0 Å². The van der Waals surface area contributed by atoms with Crippen molar-refractivity contribution in [3.05, 3.63) is 23.8 Å². The number of anilines is 1. The molecule has 1 amide bonds. The highest BCUT2D eigenvalue weighted by atomic mass is 16.6. The Morgan fingerprint density at radius 2 is 2.15 bits per heavy atom. The molecule has 0 aliphatic carbocycles. The van der Waals surface area contributed by atoms with Crippen LogP contribution >= 0.6 is 0 Å². The van der Waals surface area contributed by atoms with Gasteiger partial charge in [-0.3, -0.25) is 4.90 Å². The lowest BCUT2D eigenvalue weighted by atomic mass is 10.1. The van der Waals surface area contributed by atoms with E-state index in [2.05, 4.69) is 0 Å². The second-order valence-corrected chi connectivity index (χ2v) is 5.71. The molecule has 2 rings (SSSR count). The summed E-state index contributed by atoms with van der Waals surface area (Å²) in [6, 6.07) is 5.58. The summed E-state index contributed by atoms with van der Waals surface area (Å²) in [7, 11) is 0. The Morgan fingerprint density at radius 3 is 2.80 bits per heavy atom. The van der Waals surface area contributed by atoms with Crippen molar-refractivity contribution in [2.45, 2.75) is 32.8 Å². The molecule has 1 aliphatic rings. The summed E-state index contributed by atoms with van der Waals surface area (Å²) < 4.78 is 10.9. The molecule has 5 nitrogen and oxygen atoms in total. The summed E-state index contributed by atoms with van der Waals surface area (Å²) in [5, 5.41) is 8.83. The lowest BCUT2D eigenvalue weighted by Crippen LogP contribution is -2.35. The number of benzene rings is 1. The first-order chi connectivity index (χ1) is 9.42. The fraction of sp³-hybridized carbons (Fsp3) is 0.533. The van der Waals surface area contributed by atoms with Crippen molar-refractivity contribution in [1.29, 1.82) is 0 Å². The van der Waals surface area contributed by atoms with Gasteiger partial charge in [0.25, 0.3) is 0 Å². The number of ether oxygens (including phenoxy) is 2. The molecule has 0 saturated carbocycles. The van der Waals surface area contributed by atoms with Gasteiger partial charge in [0, 0.05) is 12.1 Å². The third kappa shape index (κ3) is 3.22. The third-order valence-corrected chi connectivity index (χ3v) is 2.95. The number of aliphatic hydroxyl groups excluding tert-OH is 1. The molecule has 0 spiro atoms. The van der Waals surface area contributed by atoms with Crippen LogP contribution in [0.4, 0.5) is 10.5 Å². The van der Waals surface area contributed by atoms with Gasteiger partial charge in [-0.15, -0.1) is 0 Å². The molecule has 0 fully saturated rings. The molecule has 5 heteroatoms. The molecule has 0 radical (unpaired) electrons. The van der Waals surface area contributed by atoms with E-state index < -0.39 is 5.60 Å². The maximum Gasteiger partial charge on any atom is 0.414 e. The summed E-state index contributed by atoms with van der Waals surface area (Å²) >= 11 is 0. The third-order valence-electron chi connectivity index (χ3n) is 2.95. The highest BCUT2D eigenvalue weighted by Gasteiger charge is 2.30. The predicted octanol–water partition coefficient (Wildman–Crippen LogP) is 2.36. The topological polar surface area (TPSA) is 59.0 Å². The van der Waals surface area contributed by atoms with Gasteiger partial charge in [-0.05, 0) is 39.3 Å². The lowest BCUT2D eigenvalue weighted by Gasteiger charge is -2.24. The number of hydrogen-bond acceptors (Lipinski definition) is 4. The molecular formula is C15H21NO4. The van der Waals surface area contributed by atoms with Gasteiger partial charge in [-0.25, -0.2) is 4.79 Å². The zero-order valence-corrected chi connectivity index (χ0v) is 12.2. The van der Waals surface area contributed by atoms with Crippen LogP contribution in [0, 0.1) is 0 Å². The van der Waals surface area contributed by atoms with Crippen molar-refractivity contribution in [2.75, 3.05) is 24.7 Å². The van der Waals surface area contributed by atoms with Crippen molar-refractivity contribution >= 4 is 11.8 Å². The minimum Gasteiger partial charge on any atom is -0.491 e. The molecule has 1 heterocycles. The van der Waals surface area contributed by atoms with Crippen LogP contribution in [0.3, 0.4) is 0 Å². The van der Waals surface area contributed by atoms with E-state index in [1.165, 1.54) is 0 Å². The van der Waals surface area contributed by atoms with Crippen LogP contribution in [0.5, 0.6) is 5.75 Å². The van der Waals surface area contributed by atoms with E-state index in [0.29, 0.717) is 6.54 Å². The Balaban J connectivity index is 2.18. The molecule has 20 heavy (non-hydrogen) atoms. The molecule has 110 valence electrons. The highest BCUT2D eigenvalue weighted by molar-refractivity contribution is 5.91. The Hall–Kier alpha value is -1.75. The van der Waals surface area contributed by atoms with Crippen LogP contribution in [-0.2, 0) is 11.2 Å². The molecule has 0 bridgehead atoms. The van der Waals surface area contributed by atoms with Crippen LogP contribution in [0.25, 0.3) is 0 Å². The number of rotatable bonds is 3. The van der Waals surface area contributed by atoms with Crippen molar-refractivity contribution in [2.24, 2.45) is 0 Å². The second-order valence-electron chi connectivity index (χ2n) is 5.71. The molecule has 0 unspecified atom stereocenters. The average molecular weight is 279 g/mol. The van der Waals surface area contributed by atoms with E-state index in [-0.39, 0.29) is 19.3 Å². The number of carbonyl (C=O) groups is 1. The number of aliphatic hydroxyl groups is 1. The summed E-state index contributed by atoms with van der Waals surface area (Å²) in [4.78, 5) is 13.8. The van der Waals surface area contributed by atoms with E-state index >= 15 is 0 Å². The zero-order chi connectivity index (χ0) is 14.8. The number of carbonyl (C=O) groups excluding carboxylic acids is 1. The van der Waals surface area contributed by atoms with Crippen molar-refractivity contribution in [3.63, 3.8) is 0 Å². The first kappa shape index (κ1) is 14.7. The standard InChI is InChI=1S/C15H21NO4/c1-15(2,3)20-14(18)16-8-7-11-12(16)5-4-6-13(11)19-10-9-17/h4-6,17H,7-10H2,1-3H3. The van der Waals surface area contributed by atoms with E-state index in [1.807, 2.05) is 39.0 Å². The summed E-state index contributed by atoms with van der Waals surface area (Å²) in [5.74, 6) is 0.725. The van der Waals surface area contributed by atoms with Gasteiger partial charge in [0.05, 0.1) is 12.3 Å². The highest BCUT2D eigenvalue weighted by Crippen LogP contribution is 2.35. The van der Waals surface area contributed by atoms with E-state index in [9.17, 15) is 4.79 Å². The molecular weight excluding hydrogens is 258 g/mol. The normalized spacial score (nSPS) is 14.1. The minimum absolute atomic E-state index is 0.0283. The van der Waals surface area contributed by atoms with Gasteiger partial charge in [-0.1, -0.05) is 6.07 Å². The van der Waals surface area contributed by atoms with Crippen LogP contribution in [0.1, 0.15) is 26.3 Å². The van der Waals surface area contributed by atoms with Crippen LogP contribution in [0.2, 0.25) is 0 Å². The number of nitrogens with zero attached hydrogens (tertiary/aromatic N) is 1. The molecule has 0 aromatic heterocycles. The van der Waals surface area contributed by atoms with Crippen LogP contribution in [-0.4, -0.2) is 36.6 Å². The molecule has 0 atom stereocenters. The Kier molecular flexibility index (Phi) is 4.18. The molecule has 1 N–H and O–H groups in total. The Bertz CT molecular complexity index is 493. The zero-order valence-electron chi connectivity index (χ0n) is 12.2. The van der Waals surface area contributed by atoms with Gasteiger partial charge >= 0.3 is 6.09 Å². The number of amides is 1. The van der Waals surface area contributed by atoms with Gasteiger partial charge in [0.1, 0.15) is 18.0 Å². The van der Waals surface area contributed by atoms with E-state index in [1.54, 1.807) is 4.90 Å². The van der Waals surface area contributed by atoms with Gasteiger partial charge < -0.3 is 14.6 Å². The monoisotopic (exact) mass is 279 g/mol. The smallest absolute Gasteiger partial charge is 0.414 e. The molecule has 1 aromatic carbocycles. The van der Waals surface area contributed by atoms with E-state index in [0.717, 1.165) is 23.4 Å². The Labute approximate surface area is 119 Å². The fourth-order valence-electron chi connectivity index (χ4n) is 2.20. The molecule has 1 aromatic rings. The van der Waals surface area contributed by atoms with Crippen molar-refractivity contribution in [3.8, 4) is 5.75 Å². The average Bonchev–Trinajstić information content (AvgIpc) is 2.78. The quantitative estimate of drug-likeness (QED) is 0.922. The summed E-state index contributed by atoms with van der Waals surface area (Å²) in [6.07, 6.45) is 0.395. The fourth-order valence-corrected chi connectivity index (χ4v) is 2.20. The van der Waals surface area contributed by atoms with E-state index in [4.69, 9.17) is 14.6 Å². The first-order valence-corrected chi connectivity index (χ1v) is 6.78. The first-order valence-electron chi connectivity index (χ1n) is 6.78. The van der Waals surface area contributed by atoms with Gasteiger partial charge in [0.2, 0.25) is 0 Å². The number of fused-ring (bicyclic) bond motifs is 1. The lowest BCUT2D eigenvalue weighted by molar-refractivity contribution is 0.0584. The second kappa shape index (κ2) is 5.71. The largest absolute Gasteiger partial charge is 0.491 e.